The van der Waals surface area contributed by atoms with Gasteiger partial charge in [-0.1, -0.05) is 18.2 Å². The van der Waals surface area contributed by atoms with Gasteiger partial charge in [-0.3, -0.25) is 4.90 Å². The predicted octanol–water partition coefficient (Wildman–Crippen LogP) is 1.61. The van der Waals surface area contributed by atoms with Gasteiger partial charge in [0, 0.05) is 31.9 Å². The minimum absolute atomic E-state index is 0.495. The van der Waals surface area contributed by atoms with E-state index in [1.54, 1.807) is 0 Å². The van der Waals surface area contributed by atoms with Crippen molar-refractivity contribution < 1.29 is 5.11 Å². The number of fused-ring (bicyclic) bond motifs is 1. The van der Waals surface area contributed by atoms with Crippen molar-refractivity contribution in [3.8, 4) is 0 Å². The number of rotatable bonds is 2. The molecule has 0 aliphatic carbocycles. The number of hydrogen-bond donors (Lipinski definition) is 2. The summed E-state index contributed by atoms with van der Waals surface area (Å²) in [5.41, 5.74) is 3.65. The third-order valence-corrected chi connectivity index (χ3v) is 3.86. The van der Waals surface area contributed by atoms with Crippen LogP contribution in [0.25, 0.3) is 0 Å². The molecule has 0 saturated carbocycles. The van der Waals surface area contributed by atoms with E-state index in [4.69, 9.17) is 0 Å². The van der Waals surface area contributed by atoms with E-state index >= 15 is 0 Å². The summed E-state index contributed by atoms with van der Waals surface area (Å²) < 4.78 is 0. The van der Waals surface area contributed by atoms with Crippen molar-refractivity contribution >= 4 is 5.69 Å². The highest BCUT2D eigenvalue weighted by atomic mass is 16.3. The highest BCUT2D eigenvalue weighted by Gasteiger charge is 2.31. The highest BCUT2D eigenvalue weighted by molar-refractivity contribution is 5.61. The molecule has 2 N–H and O–H groups in total. The lowest BCUT2D eigenvalue weighted by molar-refractivity contribution is 0.0679. The largest absolute Gasteiger partial charge is 0.389 e. The zero-order chi connectivity index (χ0) is 11.9. The second kappa shape index (κ2) is 4.00. The van der Waals surface area contributed by atoms with E-state index in [2.05, 4.69) is 28.4 Å². The van der Waals surface area contributed by atoms with E-state index in [1.165, 1.54) is 16.8 Å². The van der Waals surface area contributed by atoms with Gasteiger partial charge < -0.3 is 10.4 Å². The van der Waals surface area contributed by atoms with Crippen molar-refractivity contribution in [3.05, 3.63) is 29.3 Å². The first-order valence-electron chi connectivity index (χ1n) is 6.43. The van der Waals surface area contributed by atoms with Crippen molar-refractivity contribution in [1.82, 2.24) is 4.90 Å². The number of β-amino-alcohol motifs (C(OH)–C–C–N with tert-alkyl or cyclic N) is 1. The molecule has 1 unspecified atom stereocenters. The van der Waals surface area contributed by atoms with Crippen LogP contribution in [0.2, 0.25) is 0 Å². The van der Waals surface area contributed by atoms with E-state index in [1.807, 2.05) is 6.92 Å². The Balaban J connectivity index is 1.76. The number of para-hydroxylation sites is 1. The summed E-state index contributed by atoms with van der Waals surface area (Å²) >= 11 is 0. The molecule has 2 aliphatic rings. The van der Waals surface area contributed by atoms with Crippen molar-refractivity contribution in [1.29, 1.82) is 0 Å². The molecular formula is C14H20N2O. The quantitative estimate of drug-likeness (QED) is 0.813. The van der Waals surface area contributed by atoms with Crippen LogP contribution in [-0.2, 0) is 13.0 Å². The molecule has 0 aromatic heterocycles. The minimum Gasteiger partial charge on any atom is -0.389 e. The van der Waals surface area contributed by atoms with Crippen LogP contribution in [0.5, 0.6) is 0 Å². The second-order valence-electron chi connectivity index (χ2n) is 5.59. The maximum Gasteiger partial charge on any atom is 0.0758 e. The molecule has 1 fully saturated rings. The lowest BCUT2D eigenvalue weighted by atomic mass is 10.1. The molecule has 3 rings (SSSR count). The average Bonchev–Trinajstić information content (AvgIpc) is 2.85. The molecule has 1 saturated heterocycles. The molecule has 92 valence electrons. The Morgan fingerprint density at radius 3 is 3.12 bits per heavy atom. The van der Waals surface area contributed by atoms with Crippen molar-refractivity contribution in [2.45, 2.75) is 31.9 Å². The van der Waals surface area contributed by atoms with Gasteiger partial charge in [0.25, 0.3) is 0 Å². The van der Waals surface area contributed by atoms with Crippen molar-refractivity contribution in [2.24, 2.45) is 0 Å². The maximum atomic E-state index is 9.98. The lowest BCUT2D eigenvalue weighted by Gasteiger charge is -2.20. The summed E-state index contributed by atoms with van der Waals surface area (Å²) in [6.45, 7) is 5.73. The SMILES string of the molecule is CC1(O)CCN(Cc2cccc3c2NCC3)C1. The lowest BCUT2D eigenvalue weighted by Crippen LogP contribution is -2.29. The number of aliphatic hydroxyl groups is 1. The minimum atomic E-state index is -0.495. The fourth-order valence-electron chi connectivity index (χ4n) is 2.96. The molecule has 0 radical (unpaired) electrons. The Morgan fingerprint density at radius 2 is 2.35 bits per heavy atom. The van der Waals surface area contributed by atoms with E-state index < -0.39 is 5.60 Å². The third-order valence-electron chi connectivity index (χ3n) is 3.86. The second-order valence-corrected chi connectivity index (χ2v) is 5.59. The first kappa shape index (κ1) is 11.1. The Hall–Kier alpha value is -1.06. The Labute approximate surface area is 102 Å². The summed E-state index contributed by atoms with van der Waals surface area (Å²) in [4.78, 5) is 2.34. The molecule has 3 nitrogen and oxygen atoms in total. The molecule has 0 spiro atoms. The smallest absolute Gasteiger partial charge is 0.0758 e. The fourth-order valence-corrected chi connectivity index (χ4v) is 2.96. The molecule has 1 aromatic carbocycles. The molecule has 2 heterocycles. The monoisotopic (exact) mass is 232 g/mol. The number of benzene rings is 1. The van der Waals surface area contributed by atoms with Crippen LogP contribution in [0.4, 0.5) is 5.69 Å². The molecular weight excluding hydrogens is 212 g/mol. The van der Waals surface area contributed by atoms with Gasteiger partial charge in [0.15, 0.2) is 0 Å². The zero-order valence-electron chi connectivity index (χ0n) is 10.4. The number of nitrogens with one attached hydrogen (secondary N) is 1. The van der Waals surface area contributed by atoms with Gasteiger partial charge in [-0.05, 0) is 30.9 Å². The van der Waals surface area contributed by atoms with Crippen LogP contribution in [0.1, 0.15) is 24.5 Å². The van der Waals surface area contributed by atoms with Crippen LogP contribution in [-0.4, -0.2) is 35.2 Å². The van der Waals surface area contributed by atoms with E-state index in [-0.39, 0.29) is 0 Å². The normalized spacial score (nSPS) is 28.1. The van der Waals surface area contributed by atoms with Gasteiger partial charge in [0.1, 0.15) is 0 Å². The van der Waals surface area contributed by atoms with Crippen molar-refractivity contribution in [2.75, 3.05) is 25.0 Å². The molecule has 3 heteroatoms. The highest BCUT2D eigenvalue weighted by Crippen LogP contribution is 2.29. The van der Waals surface area contributed by atoms with E-state index in [0.717, 1.165) is 39.0 Å². The summed E-state index contributed by atoms with van der Waals surface area (Å²) in [5.74, 6) is 0. The van der Waals surface area contributed by atoms with Crippen LogP contribution < -0.4 is 5.32 Å². The van der Waals surface area contributed by atoms with Gasteiger partial charge >= 0.3 is 0 Å². The molecule has 1 atom stereocenters. The molecule has 17 heavy (non-hydrogen) atoms. The van der Waals surface area contributed by atoms with Gasteiger partial charge in [0.2, 0.25) is 0 Å². The summed E-state index contributed by atoms with van der Waals surface area (Å²) in [7, 11) is 0. The van der Waals surface area contributed by atoms with Gasteiger partial charge in [-0.15, -0.1) is 0 Å². The fraction of sp³-hybridized carbons (Fsp3) is 0.571. The molecule has 1 aromatic rings. The Bertz CT molecular complexity index is 428. The third kappa shape index (κ3) is 2.17. The predicted molar refractivity (Wildman–Crippen MR) is 69.2 cm³/mol. The van der Waals surface area contributed by atoms with Crippen LogP contribution >= 0.6 is 0 Å². The molecule has 0 amide bonds. The first-order chi connectivity index (χ1) is 8.14. The number of nitrogens with zero attached hydrogens (tertiary/aromatic N) is 1. The first-order valence-corrected chi connectivity index (χ1v) is 6.43. The number of likely N-dealkylation sites (tertiary alicyclic amines) is 1. The summed E-state index contributed by atoms with van der Waals surface area (Å²) in [6.07, 6.45) is 2.02. The van der Waals surface area contributed by atoms with Crippen LogP contribution in [0.3, 0.4) is 0 Å². The van der Waals surface area contributed by atoms with Crippen molar-refractivity contribution in [3.63, 3.8) is 0 Å². The maximum absolute atomic E-state index is 9.98. The number of anilines is 1. The molecule has 2 aliphatic heterocycles. The Morgan fingerprint density at radius 1 is 1.47 bits per heavy atom. The standard InChI is InChI=1S/C14H20N2O/c1-14(17)6-8-16(10-14)9-12-4-2-3-11-5-7-15-13(11)12/h2-4,15,17H,5-10H2,1H3. The van der Waals surface area contributed by atoms with E-state index in [0.29, 0.717) is 0 Å². The number of hydrogen-bond acceptors (Lipinski definition) is 3. The topological polar surface area (TPSA) is 35.5 Å². The van der Waals surface area contributed by atoms with Crippen LogP contribution in [0.15, 0.2) is 18.2 Å². The zero-order valence-corrected chi connectivity index (χ0v) is 10.4. The van der Waals surface area contributed by atoms with Crippen LogP contribution in [0, 0.1) is 0 Å². The van der Waals surface area contributed by atoms with Gasteiger partial charge in [0.05, 0.1) is 5.60 Å². The molecule has 0 bridgehead atoms. The van der Waals surface area contributed by atoms with Gasteiger partial charge in [-0.2, -0.15) is 0 Å². The average molecular weight is 232 g/mol. The summed E-state index contributed by atoms with van der Waals surface area (Å²) in [6, 6.07) is 6.55. The Kier molecular flexibility index (Phi) is 2.60. The van der Waals surface area contributed by atoms with E-state index in [9.17, 15) is 5.11 Å². The van der Waals surface area contributed by atoms with Gasteiger partial charge in [-0.25, -0.2) is 0 Å². The summed E-state index contributed by atoms with van der Waals surface area (Å²) in [5, 5.41) is 13.5.